The molecule has 0 spiro atoms. The zero-order chi connectivity index (χ0) is 14.9. The Balaban J connectivity index is 1.46. The predicted octanol–water partition coefficient (Wildman–Crippen LogP) is 0.708. The summed E-state index contributed by atoms with van der Waals surface area (Å²) in [5.41, 5.74) is 0. The van der Waals surface area contributed by atoms with E-state index >= 15 is 0 Å². The van der Waals surface area contributed by atoms with Crippen molar-refractivity contribution in [1.29, 1.82) is 0 Å². The van der Waals surface area contributed by atoms with Crippen molar-refractivity contribution in [2.24, 2.45) is 0 Å². The zero-order valence-electron chi connectivity index (χ0n) is 12.7. The molecule has 2 bridgehead atoms. The maximum atomic E-state index is 10.9. The molecule has 3 saturated heterocycles. The highest BCUT2D eigenvalue weighted by Crippen LogP contribution is 2.32. The van der Waals surface area contributed by atoms with Crippen LogP contribution in [0.15, 0.2) is 22.8 Å². The van der Waals surface area contributed by atoms with Gasteiger partial charge in [0.2, 0.25) is 0 Å². The van der Waals surface area contributed by atoms with Crippen LogP contribution in [0.4, 0.5) is 0 Å². The third-order valence-corrected chi connectivity index (χ3v) is 5.04. The Morgan fingerprint density at radius 2 is 2.14 bits per heavy atom. The lowest BCUT2D eigenvalue weighted by Crippen LogP contribution is -2.64. The minimum Gasteiger partial charge on any atom is -0.468 e. The van der Waals surface area contributed by atoms with E-state index in [1.807, 2.05) is 12.1 Å². The van der Waals surface area contributed by atoms with Crippen LogP contribution in [-0.2, 0) is 16.0 Å². The van der Waals surface area contributed by atoms with E-state index in [4.69, 9.17) is 13.9 Å². The van der Waals surface area contributed by atoms with Crippen molar-refractivity contribution in [3.05, 3.63) is 24.2 Å². The molecule has 0 amide bonds. The van der Waals surface area contributed by atoms with Crippen molar-refractivity contribution >= 4 is 0 Å². The summed E-state index contributed by atoms with van der Waals surface area (Å²) < 4.78 is 17.1. The fraction of sp³-hybridized carbons (Fsp3) is 0.750. The quantitative estimate of drug-likeness (QED) is 0.854. The van der Waals surface area contributed by atoms with Gasteiger partial charge in [-0.15, -0.1) is 0 Å². The van der Waals surface area contributed by atoms with Gasteiger partial charge in [-0.25, -0.2) is 0 Å². The number of piperidine rings is 1. The molecule has 3 aliphatic heterocycles. The molecule has 3 fully saturated rings. The molecule has 6 nitrogen and oxygen atoms in total. The minimum atomic E-state index is -0.487. The summed E-state index contributed by atoms with van der Waals surface area (Å²) in [4.78, 5) is 2.34. The molecule has 1 aromatic heterocycles. The first-order valence-electron chi connectivity index (χ1n) is 8.28. The fourth-order valence-corrected chi connectivity index (χ4v) is 3.89. The third-order valence-electron chi connectivity index (χ3n) is 5.04. The van der Waals surface area contributed by atoms with E-state index in [2.05, 4.69) is 10.2 Å². The van der Waals surface area contributed by atoms with Gasteiger partial charge in [-0.05, 0) is 38.1 Å². The number of likely N-dealkylation sites (tertiary alicyclic amines) is 1. The van der Waals surface area contributed by atoms with Crippen molar-refractivity contribution in [3.8, 4) is 0 Å². The van der Waals surface area contributed by atoms with E-state index in [1.165, 1.54) is 19.3 Å². The van der Waals surface area contributed by atoms with Gasteiger partial charge in [0, 0.05) is 0 Å². The van der Waals surface area contributed by atoms with Crippen LogP contribution in [0.3, 0.4) is 0 Å². The number of hydrogen-bond acceptors (Lipinski definition) is 6. The second-order valence-electron chi connectivity index (χ2n) is 6.44. The van der Waals surface area contributed by atoms with Crippen LogP contribution in [-0.4, -0.2) is 60.3 Å². The Labute approximate surface area is 130 Å². The number of fused-ring (bicyclic) bond motifs is 2. The molecular weight excluding hydrogens is 284 g/mol. The van der Waals surface area contributed by atoms with Gasteiger partial charge in [-0.2, -0.15) is 0 Å². The fourth-order valence-electron chi connectivity index (χ4n) is 3.89. The highest BCUT2D eigenvalue weighted by atomic mass is 16.7. The lowest BCUT2D eigenvalue weighted by atomic mass is 9.93. The lowest BCUT2D eigenvalue weighted by Gasteiger charge is -2.45. The molecule has 122 valence electrons. The zero-order valence-corrected chi connectivity index (χ0v) is 12.7. The second kappa shape index (κ2) is 6.29. The van der Waals surface area contributed by atoms with Gasteiger partial charge in [-0.1, -0.05) is 6.42 Å². The largest absolute Gasteiger partial charge is 0.468 e. The first-order chi connectivity index (χ1) is 10.8. The monoisotopic (exact) mass is 308 g/mol. The van der Waals surface area contributed by atoms with Gasteiger partial charge in [0.15, 0.2) is 6.29 Å². The van der Waals surface area contributed by atoms with Gasteiger partial charge in [0.25, 0.3) is 0 Å². The van der Waals surface area contributed by atoms with E-state index in [1.54, 1.807) is 6.26 Å². The van der Waals surface area contributed by atoms with Gasteiger partial charge < -0.3 is 24.3 Å². The van der Waals surface area contributed by atoms with Crippen LogP contribution < -0.4 is 5.32 Å². The summed E-state index contributed by atoms with van der Waals surface area (Å²) in [6.45, 7) is 3.16. The molecule has 0 radical (unpaired) electrons. The number of rotatable bonds is 4. The summed E-state index contributed by atoms with van der Waals surface area (Å²) in [6, 6.07) is 3.60. The summed E-state index contributed by atoms with van der Waals surface area (Å²) in [7, 11) is 0. The first kappa shape index (κ1) is 14.7. The smallest absolute Gasteiger partial charge is 0.176 e. The summed E-state index contributed by atoms with van der Waals surface area (Å²) >= 11 is 0. The van der Waals surface area contributed by atoms with Crippen molar-refractivity contribution in [2.45, 2.75) is 56.4 Å². The molecule has 0 saturated carbocycles. The maximum absolute atomic E-state index is 10.9. The van der Waals surface area contributed by atoms with Crippen LogP contribution >= 0.6 is 0 Å². The number of ether oxygens (including phenoxy) is 2. The minimum absolute atomic E-state index is 0.0758. The van der Waals surface area contributed by atoms with Crippen molar-refractivity contribution in [2.75, 3.05) is 19.7 Å². The van der Waals surface area contributed by atoms with Crippen LogP contribution in [0.5, 0.6) is 0 Å². The van der Waals surface area contributed by atoms with E-state index in [9.17, 15) is 5.11 Å². The highest BCUT2D eigenvalue weighted by Gasteiger charge is 2.51. The lowest BCUT2D eigenvalue weighted by molar-refractivity contribution is -0.184. The van der Waals surface area contributed by atoms with Crippen molar-refractivity contribution < 1.29 is 19.0 Å². The molecule has 2 N–H and O–H groups in total. The molecule has 22 heavy (non-hydrogen) atoms. The predicted molar refractivity (Wildman–Crippen MR) is 79.2 cm³/mol. The maximum Gasteiger partial charge on any atom is 0.176 e. The molecule has 3 aliphatic rings. The Morgan fingerprint density at radius 1 is 1.27 bits per heavy atom. The van der Waals surface area contributed by atoms with Gasteiger partial charge in [0.1, 0.15) is 11.9 Å². The summed E-state index contributed by atoms with van der Waals surface area (Å²) in [6.07, 6.45) is 4.44. The van der Waals surface area contributed by atoms with Crippen LogP contribution in [0.1, 0.15) is 25.0 Å². The molecule has 0 aliphatic carbocycles. The highest BCUT2D eigenvalue weighted by molar-refractivity contribution is 5.04. The Morgan fingerprint density at radius 3 is 2.91 bits per heavy atom. The first-order valence-corrected chi connectivity index (χ1v) is 8.28. The topological polar surface area (TPSA) is 67.1 Å². The molecule has 5 atom stereocenters. The summed E-state index contributed by atoms with van der Waals surface area (Å²) in [5.74, 6) is 0.864. The molecule has 6 heteroatoms. The molecule has 0 unspecified atom stereocenters. The molecular formula is C16H24N2O4. The van der Waals surface area contributed by atoms with Crippen molar-refractivity contribution in [3.63, 3.8) is 0 Å². The van der Waals surface area contributed by atoms with Crippen LogP contribution in [0.25, 0.3) is 0 Å². The number of nitrogens with one attached hydrogen (secondary N) is 1. The third kappa shape index (κ3) is 2.70. The van der Waals surface area contributed by atoms with E-state index in [0.29, 0.717) is 13.2 Å². The average molecular weight is 308 g/mol. The van der Waals surface area contributed by atoms with E-state index < -0.39 is 6.10 Å². The molecule has 1 aromatic rings. The molecule has 4 rings (SSSR count). The van der Waals surface area contributed by atoms with Crippen LogP contribution in [0.2, 0.25) is 0 Å². The number of nitrogens with zero attached hydrogens (tertiary/aromatic N) is 1. The van der Waals surface area contributed by atoms with E-state index in [-0.39, 0.29) is 24.5 Å². The number of hydrogen-bond donors (Lipinski definition) is 2. The molecule has 4 heterocycles. The average Bonchev–Trinajstić information content (AvgIpc) is 3.19. The normalized spacial score (nSPS) is 39.2. The SMILES string of the molecule is O[C@H]1[C@H](NCc2ccco2)[C@H]2CO[C@H](O2)[C@@H]1N1CCCCC1. The number of furan rings is 1. The number of aliphatic hydroxyl groups excluding tert-OH is 1. The standard InChI is InChI=1S/C16H24N2O4/c19-15-13(17-9-11-5-4-8-20-11)12-10-21-16(22-12)14(15)18-6-2-1-3-7-18/h4-5,8,12-17,19H,1-3,6-7,9-10H2/t12-,13-,14-,15+,16-/m1/s1. The van der Waals surface area contributed by atoms with Gasteiger partial charge in [0.05, 0.1) is 37.6 Å². The van der Waals surface area contributed by atoms with Crippen LogP contribution in [0, 0.1) is 0 Å². The van der Waals surface area contributed by atoms with E-state index in [0.717, 1.165) is 18.8 Å². The van der Waals surface area contributed by atoms with Crippen molar-refractivity contribution in [1.82, 2.24) is 10.2 Å². The Bertz CT molecular complexity index is 475. The summed E-state index contributed by atoms with van der Waals surface area (Å²) in [5, 5.41) is 14.3. The second-order valence-corrected chi connectivity index (χ2v) is 6.44. The Kier molecular flexibility index (Phi) is 4.19. The van der Waals surface area contributed by atoms with Gasteiger partial charge in [-0.3, -0.25) is 4.90 Å². The Hall–Kier alpha value is -0.920. The number of aliphatic hydroxyl groups is 1. The molecule has 0 aromatic carbocycles. The van der Waals surface area contributed by atoms with Gasteiger partial charge >= 0.3 is 0 Å².